The molecule has 0 radical (unpaired) electrons. The number of unbranched alkanes of at least 4 members (excludes halogenated alkanes) is 2. The lowest BCUT2D eigenvalue weighted by Gasteiger charge is -2.17. The zero-order valence-electron chi connectivity index (χ0n) is 10.2. The van der Waals surface area contributed by atoms with Crippen molar-refractivity contribution in [2.45, 2.75) is 44.9 Å². The predicted molar refractivity (Wildman–Crippen MR) is 73.7 cm³/mol. The third-order valence-electron chi connectivity index (χ3n) is 2.34. The number of hydrogen-bond donors (Lipinski definition) is 0. The van der Waals surface area contributed by atoms with Gasteiger partial charge >= 0.3 is 5.97 Å². The Balaban J connectivity index is 4.45. The maximum atomic E-state index is 11.7. The van der Waals surface area contributed by atoms with Gasteiger partial charge < -0.3 is 4.74 Å². The number of carbonyl (C=O) groups is 1. The molecule has 0 aromatic carbocycles. The van der Waals surface area contributed by atoms with Gasteiger partial charge in [-0.05, 0) is 19.4 Å². The van der Waals surface area contributed by atoms with Crippen LogP contribution in [0.1, 0.15) is 39.5 Å². The van der Waals surface area contributed by atoms with Crippen LogP contribution in [0, 0.1) is 5.92 Å². The summed E-state index contributed by atoms with van der Waals surface area (Å²) in [5, 5.41) is -0.326. The van der Waals surface area contributed by atoms with Crippen molar-refractivity contribution in [1.82, 2.24) is 0 Å². The van der Waals surface area contributed by atoms with Crippen LogP contribution in [0.2, 0.25) is 0 Å². The summed E-state index contributed by atoms with van der Waals surface area (Å²) < 4.78 is 4.99. The number of alkyl halides is 1. The number of hydrogen-bond acceptors (Lipinski definition) is 2. The highest BCUT2D eigenvalue weighted by Crippen LogP contribution is 2.24. The van der Waals surface area contributed by atoms with Crippen molar-refractivity contribution in [2.24, 2.45) is 5.92 Å². The smallest absolute Gasteiger partial charge is 0.314 e. The highest BCUT2D eigenvalue weighted by Gasteiger charge is 2.26. The molecule has 0 aromatic rings. The third-order valence-corrected chi connectivity index (χ3v) is 3.08. The first-order valence-electron chi connectivity index (χ1n) is 5.86. The molecule has 0 aliphatic rings. The van der Waals surface area contributed by atoms with E-state index < -0.39 is 5.92 Å². The first kappa shape index (κ1) is 17.1. The van der Waals surface area contributed by atoms with E-state index in [0.29, 0.717) is 6.61 Å². The van der Waals surface area contributed by atoms with E-state index in [1.807, 2.05) is 0 Å². The molecule has 0 spiro atoms. The van der Waals surface area contributed by atoms with E-state index in [2.05, 4.69) is 6.92 Å². The summed E-state index contributed by atoms with van der Waals surface area (Å²) in [6, 6.07) is 0. The van der Waals surface area contributed by atoms with Crippen LogP contribution < -0.4 is 0 Å². The Morgan fingerprint density at radius 1 is 1.29 bits per heavy atom. The molecule has 0 rings (SSSR count). The molecule has 0 N–H and O–H groups in total. The lowest BCUT2D eigenvalue weighted by Crippen LogP contribution is -2.25. The molecule has 0 heterocycles. The third kappa shape index (κ3) is 7.91. The standard InChI is InChI=1S/C12H19Cl3O2/c1-3-5-6-7-10(13)9(8-11(14)15)12(16)17-4-2/h8-10H,3-7H2,1-2H3/t9-,10+/m0/s1. The van der Waals surface area contributed by atoms with Crippen molar-refractivity contribution in [3.63, 3.8) is 0 Å². The highest BCUT2D eigenvalue weighted by molar-refractivity contribution is 6.56. The first-order valence-corrected chi connectivity index (χ1v) is 7.05. The second kappa shape index (κ2) is 10.0. The molecule has 0 unspecified atom stereocenters. The van der Waals surface area contributed by atoms with Gasteiger partial charge in [-0.1, -0.05) is 49.4 Å². The van der Waals surface area contributed by atoms with Gasteiger partial charge in [-0.15, -0.1) is 11.6 Å². The van der Waals surface area contributed by atoms with Crippen molar-refractivity contribution in [1.29, 1.82) is 0 Å². The molecule has 2 atom stereocenters. The van der Waals surface area contributed by atoms with E-state index in [1.165, 1.54) is 6.08 Å². The van der Waals surface area contributed by atoms with Gasteiger partial charge in [-0.3, -0.25) is 4.79 Å². The monoisotopic (exact) mass is 300 g/mol. The maximum absolute atomic E-state index is 11.7. The van der Waals surface area contributed by atoms with Crippen LogP contribution in [0.4, 0.5) is 0 Å². The van der Waals surface area contributed by atoms with Gasteiger partial charge in [0.05, 0.1) is 17.9 Å². The van der Waals surface area contributed by atoms with Gasteiger partial charge in [0.15, 0.2) is 0 Å². The Bertz CT molecular complexity index is 250. The molecule has 17 heavy (non-hydrogen) atoms. The normalized spacial score (nSPS) is 13.9. The van der Waals surface area contributed by atoms with E-state index in [4.69, 9.17) is 39.5 Å². The summed E-state index contributed by atoms with van der Waals surface area (Å²) in [7, 11) is 0. The number of halogens is 3. The van der Waals surface area contributed by atoms with Crippen LogP contribution in [-0.4, -0.2) is 18.0 Å². The average molecular weight is 302 g/mol. The van der Waals surface area contributed by atoms with E-state index in [0.717, 1.165) is 25.7 Å². The largest absolute Gasteiger partial charge is 0.465 e. The lowest BCUT2D eigenvalue weighted by molar-refractivity contribution is -0.146. The molecule has 0 amide bonds. The zero-order chi connectivity index (χ0) is 13.3. The Labute approximate surface area is 118 Å². The topological polar surface area (TPSA) is 26.3 Å². The minimum atomic E-state index is -0.571. The lowest BCUT2D eigenvalue weighted by atomic mass is 10.0. The first-order chi connectivity index (χ1) is 8.02. The molecule has 0 aliphatic heterocycles. The Morgan fingerprint density at radius 3 is 2.41 bits per heavy atom. The van der Waals surface area contributed by atoms with Crippen molar-refractivity contribution in [3.8, 4) is 0 Å². The minimum Gasteiger partial charge on any atom is -0.465 e. The fourth-order valence-electron chi connectivity index (χ4n) is 1.46. The second-order valence-corrected chi connectivity index (χ2v) is 5.31. The summed E-state index contributed by atoms with van der Waals surface area (Å²) in [5.41, 5.74) is 0. The van der Waals surface area contributed by atoms with Crippen LogP contribution in [0.5, 0.6) is 0 Å². The van der Waals surface area contributed by atoms with E-state index in [-0.39, 0.29) is 15.8 Å². The summed E-state index contributed by atoms with van der Waals surface area (Å²) in [5.74, 6) is -0.943. The molecule has 0 aliphatic carbocycles. The molecule has 0 fully saturated rings. The van der Waals surface area contributed by atoms with Crippen LogP contribution >= 0.6 is 34.8 Å². The molecule has 0 bridgehead atoms. The van der Waals surface area contributed by atoms with E-state index >= 15 is 0 Å². The fourth-order valence-corrected chi connectivity index (χ4v) is 2.06. The Morgan fingerprint density at radius 2 is 1.94 bits per heavy atom. The molecule has 0 saturated heterocycles. The minimum absolute atomic E-state index is 0.0456. The summed E-state index contributed by atoms with van der Waals surface area (Å²) in [6.45, 7) is 4.19. The van der Waals surface area contributed by atoms with Gasteiger partial charge in [0.1, 0.15) is 4.49 Å². The van der Waals surface area contributed by atoms with Crippen LogP contribution in [0.15, 0.2) is 10.6 Å². The number of carbonyl (C=O) groups excluding carboxylic acids is 1. The highest BCUT2D eigenvalue weighted by atomic mass is 35.5. The van der Waals surface area contributed by atoms with Crippen molar-refractivity contribution < 1.29 is 9.53 Å². The molecular weight excluding hydrogens is 282 g/mol. The summed E-state index contributed by atoms with van der Waals surface area (Å²) in [6.07, 6.45) is 5.38. The number of esters is 1. The predicted octanol–water partition coefficient (Wildman–Crippen LogP) is 4.67. The van der Waals surface area contributed by atoms with Crippen LogP contribution in [0.3, 0.4) is 0 Å². The Kier molecular flexibility index (Phi) is 10.1. The SMILES string of the molecule is CCCCC[C@@H](Cl)[C@H](C=C(Cl)Cl)C(=O)OCC. The second-order valence-electron chi connectivity index (χ2n) is 3.75. The molecule has 100 valence electrons. The van der Waals surface area contributed by atoms with Gasteiger partial charge in [-0.25, -0.2) is 0 Å². The summed E-state index contributed by atoms with van der Waals surface area (Å²) in [4.78, 5) is 11.7. The molecule has 0 saturated carbocycles. The molecule has 2 nitrogen and oxygen atoms in total. The van der Waals surface area contributed by atoms with Crippen LogP contribution in [0.25, 0.3) is 0 Å². The van der Waals surface area contributed by atoms with E-state index in [9.17, 15) is 4.79 Å². The molecule has 0 aromatic heterocycles. The zero-order valence-corrected chi connectivity index (χ0v) is 12.5. The van der Waals surface area contributed by atoms with Crippen LogP contribution in [-0.2, 0) is 9.53 Å². The van der Waals surface area contributed by atoms with Crippen molar-refractivity contribution in [2.75, 3.05) is 6.61 Å². The van der Waals surface area contributed by atoms with Gasteiger partial charge in [0.25, 0.3) is 0 Å². The van der Waals surface area contributed by atoms with Gasteiger partial charge in [0.2, 0.25) is 0 Å². The van der Waals surface area contributed by atoms with E-state index in [1.54, 1.807) is 6.92 Å². The Hall–Kier alpha value is 0.0800. The average Bonchev–Trinajstić information content (AvgIpc) is 2.26. The number of rotatable bonds is 8. The fraction of sp³-hybridized carbons (Fsp3) is 0.750. The van der Waals surface area contributed by atoms with Gasteiger partial charge in [0, 0.05) is 0 Å². The molecule has 5 heteroatoms. The van der Waals surface area contributed by atoms with Crippen molar-refractivity contribution in [3.05, 3.63) is 10.6 Å². The quantitative estimate of drug-likeness (QED) is 0.370. The van der Waals surface area contributed by atoms with Crippen molar-refractivity contribution >= 4 is 40.8 Å². The maximum Gasteiger partial charge on any atom is 0.314 e. The summed E-state index contributed by atoms with van der Waals surface area (Å²) >= 11 is 17.4. The molecular formula is C12H19Cl3O2. The number of ether oxygens (including phenoxy) is 1. The van der Waals surface area contributed by atoms with Gasteiger partial charge in [-0.2, -0.15) is 0 Å².